The van der Waals surface area contributed by atoms with Gasteiger partial charge in [0.2, 0.25) is 5.91 Å². The Bertz CT molecular complexity index is 577. The fourth-order valence-corrected chi connectivity index (χ4v) is 2.83. The van der Waals surface area contributed by atoms with E-state index < -0.39 is 0 Å². The van der Waals surface area contributed by atoms with E-state index in [1.807, 2.05) is 35.4 Å². The van der Waals surface area contributed by atoms with Crippen molar-refractivity contribution in [2.24, 2.45) is 0 Å². The van der Waals surface area contributed by atoms with Crippen molar-refractivity contribution in [3.05, 3.63) is 60.2 Å². The molecule has 108 valence electrons. The van der Waals surface area contributed by atoms with E-state index in [1.165, 1.54) is 0 Å². The minimum absolute atomic E-state index is 0.197. The summed E-state index contributed by atoms with van der Waals surface area (Å²) in [6, 6.07) is 9.87. The Morgan fingerprint density at radius 2 is 2.00 bits per heavy atom. The van der Waals surface area contributed by atoms with Crippen LogP contribution in [0.4, 0.5) is 0 Å². The SMILES string of the molecule is O=C(Cc1cccnc1)N1CCC(c2ccccn2)CC1. The topological polar surface area (TPSA) is 46.1 Å². The number of hydrogen-bond donors (Lipinski definition) is 0. The zero-order chi connectivity index (χ0) is 14.5. The van der Waals surface area contributed by atoms with Crippen LogP contribution >= 0.6 is 0 Å². The van der Waals surface area contributed by atoms with E-state index in [2.05, 4.69) is 16.0 Å². The lowest BCUT2D eigenvalue weighted by molar-refractivity contribution is -0.131. The van der Waals surface area contributed by atoms with Crippen LogP contribution in [0.3, 0.4) is 0 Å². The molecule has 0 spiro atoms. The quantitative estimate of drug-likeness (QED) is 0.868. The van der Waals surface area contributed by atoms with Gasteiger partial charge in [0.1, 0.15) is 0 Å². The Hall–Kier alpha value is -2.23. The van der Waals surface area contributed by atoms with Gasteiger partial charge in [-0.25, -0.2) is 0 Å². The average Bonchev–Trinajstić information content (AvgIpc) is 2.57. The summed E-state index contributed by atoms with van der Waals surface area (Å²) in [7, 11) is 0. The first-order valence-electron chi connectivity index (χ1n) is 7.40. The van der Waals surface area contributed by atoms with Crippen molar-refractivity contribution in [1.29, 1.82) is 0 Å². The molecular formula is C17H19N3O. The van der Waals surface area contributed by atoms with E-state index in [0.29, 0.717) is 12.3 Å². The van der Waals surface area contributed by atoms with Crippen molar-refractivity contribution in [3.8, 4) is 0 Å². The van der Waals surface area contributed by atoms with Crippen molar-refractivity contribution in [1.82, 2.24) is 14.9 Å². The summed E-state index contributed by atoms with van der Waals surface area (Å²) >= 11 is 0. The van der Waals surface area contributed by atoms with Gasteiger partial charge in [-0.1, -0.05) is 12.1 Å². The fourth-order valence-electron chi connectivity index (χ4n) is 2.83. The molecule has 21 heavy (non-hydrogen) atoms. The van der Waals surface area contributed by atoms with E-state index in [1.54, 1.807) is 12.4 Å². The van der Waals surface area contributed by atoms with E-state index in [-0.39, 0.29) is 5.91 Å². The van der Waals surface area contributed by atoms with Crippen molar-refractivity contribution < 1.29 is 4.79 Å². The summed E-state index contributed by atoms with van der Waals surface area (Å²) in [5.41, 5.74) is 2.13. The van der Waals surface area contributed by atoms with Gasteiger partial charge in [0.05, 0.1) is 6.42 Å². The van der Waals surface area contributed by atoms with E-state index >= 15 is 0 Å². The molecule has 3 rings (SSSR count). The molecule has 0 bridgehead atoms. The first-order chi connectivity index (χ1) is 10.3. The first-order valence-corrected chi connectivity index (χ1v) is 7.40. The molecule has 0 radical (unpaired) electrons. The molecule has 0 aromatic carbocycles. The molecule has 0 unspecified atom stereocenters. The third-order valence-electron chi connectivity index (χ3n) is 4.03. The Morgan fingerprint density at radius 3 is 2.67 bits per heavy atom. The predicted molar refractivity (Wildman–Crippen MR) is 80.7 cm³/mol. The predicted octanol–water partition coefficient (Wildman–Crippen LogP) is 2.43. The van der Waals surface area contributed by atoms with Crippen molar-refractivity contribution in [2.75, 3.05) is 13.1 Å². The van der Waals surface area contributed by atoms with Crippen molar-refractivity contribution in [2.45, 2.75) is 25.2 Å². The van der Waals surface area contributed by atoms with Gasteiger partial charge < -0.3 is 4.90 Å². The number of aromatic nitrogens is 2. The lowest BCUT2D eigenvalue weighted by atomic mass is 9.93. The lowest BCUT2D eigenvalue weighted by Gasteiger charge is -2.31. The molecule has 2 aromatic heterocycles. The van der Waals surface area contributed by atoms with Gasteiger partial charge in [0.15, 0.2) is 0 Å². The maximum Gasteiger partial charge on any atom is 0.227 e. The second-order valence-electron chi connectivity index (χ2n) is 5.45. The smallest absolute Gasteiger partial charge is 0.227 e. The summed E-state index contributed by atoms with van der Waals surface area (Å²) in [4.78, 5) is 22.7. The molecule has 3 heterocycles. The van der Waals surface area contributed by atoms with Crippen LogP contribution in [-0.2, 0) is 11.2 Å². The molecular weight excluding hydrogens is 262 g/mol. The maximum absolute atomic E-state index is 12.3. The van der Waals surface area contributed by atoms with Crippen LogP contribution in [0.25, 0.3) is 0 Å². The Labute approximate surface area is 124 Å². The number of carbonyl (C=O) groups excluding carboxylic acids is 1. The summed E-state index contributed by atoms with van der Waals surface area (Å²) in [6.45, 7) is 1.64. The Morgan fingerprint density at radius 1 is 1.14 bits per heavy atom. The number of pyridine rings is 2. The van der Waals surface area contributed by atoms with Crippen LogP contribution in [0.5, 0.6) is 0 Å². The molecule has 1 amide bonds. The van der Waals surface area contributed by atoms with Crippen LogP contribution in [0.15, 0.2) is 48.9 Å². The van der Waals surface area contributed by atoms with Crippen LogP contribution in [0.2, 0.25) is 0 Å². The molecule has 1 fully saturated rings. The van der Waals surface area contributed by atoms with Gasteiger partial charge in [0, 0.05) is 43.3 Å². The number of amides is 1. The molecule has 4 nitrogen and oxygen atoms in total. The number of nitrogens with zero attached hydrogens (tertiary/aromatic N) is 3. The summed E-state index contributed by atoms with van der Waals surface area (Å²) in [5, 5.41) is 0. The van der Waals surface area contributed by atoms with Gasteiger partial charge in [0.25, 0.3) is 0 Å². The zero-order valence-electron chi connectivity index (χ0n) is 12.0. The molecule has 0 atom stereocenters. The third kappa shape index (κ3) is 3.45. The zero-order valence-corrected chi connectivity index (χ0v) is 12.0. The van der Waals surface area contributed by atoms with E-state index in [4.69, 9.17) is 0 Å². The van der Waals surface area contributed by atoms with Gasteiger partial charge >= 0.3 is 0 Å². The highest BCUT2D eigenvalue weighted by Gasteiger charge is 2.24. The van der Waals surface area contributed by atoms with Crippen LogP contribution in [0.1, 0.15) is 30.0 Å². The summed E-state index contributed by atoms with van der Waals surface area (Å²) in [5.74, 6) is 0.677. The second-order valence-corrected chi connectivity index (χ2v) is 5.45. The number of piperidine rings is 1. The molecule has 4 heteroatoms. The molecule has 0 saturated carbocycles. The summed E-state index contributed by atoms with van der Waals surface area (Å²) < 4.78 is 0. The lowest BCUT2D eigenvalue weighted by Crippen LogP contribution is -2.38. The highest BCUT2D eigenvalue weighted by atomic mass is 16.2. The Balaban J connectivity index is 1.55. The first kappa shape index (κ1) is 13.7. The second kappa shape index (κ2) is 6.48. The minimum Gasteiger partial charge on any atom is -0.342 e. The maximum atomic E-state index is 12.3. The van der Waals surface area contributed by atoms with Crippen LogP contribution < -0.4 is 0 Å². The molecule has 0 aliphatic carbocycles. The van der Waals surface area contributed by atoms with Gasteiger partial charge in [-0.05, 0) is 36.6 Å². The standard InChI is InChI=1S/C17H19N3O/c21-17(12-14-4-3-8-18-13-14)20-10-6-15(7-11-20)16-5-1-2-9-19-16/h1-5,8-9,13,15H,6-7,10-12H2. The highest BCUT2D eigenvalue weighted by molar-refractivity contribution is 5.78. The van der Waals surface area contributed by atoms with Crippen molar-refractivity contribution in [3.63, 3.8) is 0 Å². The third-order valence-corrected chi connectivity index (χ3v) is 4.03. The van der Waals surface area contributed by atoms with Crippen LogP contribution in [0, 0.1) is 0 Å². The summed E-state index contributed by atoms with van der Waals surface area (Å²) in [6.07, 6.45) is 7.77. The molecule has 2 aromatic rings. The number of likely N-dealkylation sites (tertiary alicyclic amines) is 1. The van der Waals surface area contributed by atoms with Gasteiger partial charge in [-0.2, -0.15) is 0 Å². The highest BCUT2D eigenvalue weighted by Crippen LogP contribution is 2.26. The van der Waals surface area contributed by atoms with Gasteiger partial charge in [-0.3, -0.25) is 14.8 Å². The number of hydrogen-bond acceptors (Lipinski definition) is 3. The largest absolute Gasteiger partial charge is 0.342 e. The van der Waals surface area contributed by atoms with E-state index in [9.17, 15) is 4.79 Å². The van der Waals surface area contributed by atoms with Gasteiger partial charge in [-0.15, -0.1) is 0 Å². The molecule has 1 saturated heterocycles. The minimum atomic E-state index is 0.197. The fraction of sp³-hybridized carbons (Fsp3) is 0.353. The molecule has 0 N–H and O–H groups in total. The normalized spacial score (nSPS) is 15.9. The van der Waals surface area contributed by atoms with Crippen molar-refractivity contribution >= 4 is 5.91 Å². The number of carbonyl (C=O) groups is 1. The average molecular weight is 281 g/mol. The Kier molecular flexibility index (Phi) is 4.24. The van der Waals surface area contributed by atoms with E-state index in [0.717, 1.165) is 37.2 Å². The number of rotatable bonds is 3. The monoisotopic (exact) mass is 281 g/mol. The molecule has 1 aliphatic heterocycles. The molecule has 1 aliphatic rings. The van der Waals surface area contributed by atoms with Crippen LogP contribution in [-0.4, -0.2) is 33.9 Å².